The highest BCUT2D eigenvalue weighted by Gasteiger charge is 2.40. The molecule has 2 heterocycles. The molecule has 5 N–H and O–H groups in total. The third-order valence-electron chi connectivity index (χ3n) is 5.81. The first kappa shape index (κ1) is 23.0. The number of aryl methyl sites for hydroxylation is 1. The van der Waals surface area contributed by atoms with Crippen molar-refractivity contribution in [3.63, 3.8) is 0 Å². The van der Waals surface area contributed by atoms with Crippen molar-refractivity contribution in [2.75, 3.05) is 12.3 Å². The van der Waals surface area contributed by atoms with Crippen molar-refractivity contribution in [1.29, 1.82) is 0 Å². The average Bonchev–Trinajstić information content (AvgIpc) is 3.13. The molecule has 0 spiro atoms. The highest BCUT2D eigenvalue weighted by molar-refractivity contribution is 6.30. The SMILES string of the molecule is Cc1nc(N)ccc1CNC(=O)[C@H](C)N1CC(Cc2ccc(F)c(Cl)c2)CC1C(N)=O. The van der Waals surface area contributed by atoms with E-state index in [2.05, 4.69) is 10.3 Å². The fourth-order valence-corrected chi connectivity index (χ4v) is 4.29. The van der Waals surface area contributed by atoms with Crippen LogP contribution in [0.25, 0.3) is 0 Å². The summed E-state index contributed by atoms with van der Waals surface area (Å²) in [4.78, 5) is 30.9. The van der Waals surface area contributed by atoms with E-state index in [1.165, 1.54) is 6.07 Å². The van der Waals surface area contributed by atoms with E-state index in [1.807, 2.05) is 17.9 Å². The Hall–Kier alpha value is -2.71. The van der Waals surface area contributed by atoms with E-state index in [9.17, 15) is 14.0 Å². The summed E-state index contributed by atoms with van der Waals surface area (Å²) in [5, 5.41) is 2.97. The summed E-state index contributed by atoms with van der Waals surface area (Å²) in [5.41, 5.74) is 13.8. The smallest absolute Gasteiger partial charge is 0.237 e. The second-order valence-electron chi connectivity index (χ2n) is 8.04. The predicted molar refractivity (Wildman–Crippen MR) is 118 cm³/mol. The molecular weight excluding hydrogens is 421 g/mol. The van der Waals surface area contributed by atoms with E-state index >= 15 is 0 Å². The van der Waals surface area contributed by atoms with Crippen molar-refractivity contribution in [3.8, 4) is 0 Å². The Kier molecular flexibility index (Phi) is 7.12. The zero-order valence-electron chi connectivity index (χ0n) is 17.6. The third-order valence-corrected chi connectivity index (χ3v) is 6.10. The van der Waals surface area contributed by atoms with E-state index in [4.69, 9.17) is 23.1 Å². The molecule has 1 aliphatic heterocycles. The number of likely N-dealkylation sites (tertiary alicyclic amines) is 1. The van der Waals surface area contributed by atoms with Gasteiger partial charge in [0.15, 0.2) is 0 Å². The van der Waals surface area contributed by atoms with Crippen LogP contribution in [0, 0.1) is 18.7 Å². The molecule has 1 aromatic heterocycles. The molecule has 9 heteroatoms. The van der Waals surface area contributed by atoms with Crippen molar-refractivity contribution >= 4 is 29.2 Å². The Morgan fingerprint density at radius 3 is 2.74 bits per heavy atom. The molecule has 0 bridgehead atoms. The third kappa shape index (κ3) is 5.51. The zero-order valence-corrected chi connectivity index (χ0v) is 18.3. The number of carbonyl (C=O) groups excluding carboxylic acids is 2. The predicted octanol–water partition coefficient (Wildman–Crippen LogP) is 2.19. The molecule has 1 aromatic carbocycles. The molecular formula is C22H27ClFN5O2. The second kappa shape index (κ2) is 9.62. The summed E-state index contributed by atoms with van der Waals surface area (Å²) >= 11 is 5.88. The average molecular weight is 448 g/mol. The lowest BCUT2D eigenvalue weighted by Crippen LogP contribution is -2.51. The van der Waals surface area contributed by atoms with Gasteiger partial charge in [0.25, 0.3) is 0 Å². The second-order valence-corrected chi connectivity index (χ2v) is 8.45. The number of halogens is 2. The molecule has 0 radical (unpaired) electrons. The van der Waals surface area contributed by atoms with Gasteiger partial charge in [0.1, 0.15) is 11.6 Å². The fourth-order valence-electron chi connectivity index (χ4n) is 4.08. The van der Waals surface area contributed by atoms with Gasteiger partial charge in [-0.2, -0.15) is 0 Å². The molecule has 3 rings (SSSR count). The molecule has 2 unspecified atom stereocenters. The maximum atomic E-state index is 13.4. The minimum atomic E-state index is -0.540. The molecule has 0 aliphatic carbocycles. The van der Waals surface area contributed by atoms with Crippen LogP contribution in [0.4, 0.5) is 10.2 Å². The normalized spacial score (nSPS) is 19.9. The van der Waals surface area contributed by atoms with Gasteiger partial charge in [0.2, 0.25) is 11.8 Å². The van der Waals surface area contributed by atoms with Crippen molar-refractivity contribution < 1.29 is 14.0 Å². The van der Waals surface area contributed by atoms with Crippen molar-refractivity contribution in [2.45, 2.75) is 45.3 Å². The maximum Gasteiger partial charge on any atom is 0.237 e. The van der Waals surface area contributed by atoms with Crippen LogP contribution in [-0.2, 0) is 22.6 Å². The van der Waals surface area contributed by atoms with Crippen molar-refractivity contribution in [1.82, 2.24) is 15.2 Å². The number of nitrogens with one attached hydrogen (secondary N) is 1. The number of nitrogens with two attached hydrogens (primary N) is 2. The van der Waals surface area contributed by atoms with Crippen LogP contribution in [-0.4, -0.2) is 40.3 Å². The first-order valence-corrected chi connectivity index (χ1v) is 10.5. The Labute approximate surface area is 185 Å². The van der Waals surface area contributed by atoms with Gasteiger partial charge in [-0.15, -0.1) is 0 Å². The van der Waals surface area contributed by atoms with Gasteiger partial charge in [-0.25, -0.2) is 9.37 Å². The number of aromatic nitrogens is 1. The number of benzene rings is 1. The standard InChI is InChI=1S/C22H27ClFN5O2/c1-12-16(4-6-20(25)28-12)10-27-22(31)13(2)29-11-15(9-19(29)21(26)30)7-14-3-5-18(24)17(23)8-14/h3-6,8,13,15,19H,7,9-11H2,1-2H3,(H2,25,28)(H2,26,30)(H,27,31)/t13-,15?,19?/m0/s1. The van der Waals surface area contributed by atoms with E-state index in [1.54, 1.807) is 25.1 Å². The number of primary amides is 1. The van der Waals surface area contributed by atoms with Crippen LogP contribution in [0.1, 0.15) is 30.2 Å². The molecule has 0 saturated carbocycles. The van der Waals surface area contributed by atoms with Gasteiger partial charge >= 0.3 is 0 Å². The number of hydrogen-bond acceptors (Lipinski definition) is 5. The highest BCUT2D eigenvalue weighted by Crippen LogP contribution is 2.29. The maximum absolute atomic E-state index is 13.4. The highest BCUT2D eigenvalue weighted by atomic mass is 35.5. The van der Waals surface area contributed by atoms with Crippen LogP contribution in [0.2, 0.25) is 5.02 Å². The molecule has 31 heavy (non-hydrogen) atoms. The lowest BCUT2D eigenvalue weighted by Gasteiger charge is -2.28. The van der Waals surface area contributed by atoms with Crippen LogP contribution in [0.3, 0.4) is 0 Å². The molecule has 166 valence electrons. The lowest BCUT2D eigenvalue weighted by molar-refractivity contribution is -0.129. The number of pyridine rings is 1. The van der Waals surface area contributed by atoms with Gasteiger partial charge in [0.05, 0.1) is 17.1 Å². The van der Waals surface area contributed by atoms with Gasteiger partial charge in [0, 0.05) is 18.8 Å². The van der Waals surface area contributed by atoms with E-state index in [-0.39, 0.29) is 16.8 Å². The Balaban J connectivity index is 1.64. The summed E-state index contributed by atoms with van der Waals surface area (Å²) < 4.78 is 13.4. The Morgan fingerprint density at radius 2 is 2.10 bits per heavy atom. The summed E-state index contributed by atoms with van der Waals surface area (Å²) in [6.45, 7) is 4.43. The first-order chi connectivity index (χ1) is 14.7. The Bertz CT molecular complexity index is 986. The number of rotatable bonds is 7. The van der Waals surface area contributed by atoms with Crippen LogP contribution in [0.15, 0.2) is 30.3 Å². The van der Waals surface area contributed by atoms with E-state index < -0.39 is 23.8 Å². The van der Waals surface area contributed by atoms with Crippen LogP contribution in [0.5, 0.6) is 0 Å². The fraction of sp³-hybridized carbons (Fsp3) is 0.409. The number of hydrogen-bond donors (Lipinski definition) is 3. The molecule has 2 amide bonds. The molecule has 1 saturated heterocycles. The van der Waals surface area contributed by atoms with Crippen molar-refractivity contribution in [2.24, 2.45) is 11.7 Å². The number of amides is 2. The summed E-state index contributed by atoms with van der Waals surface area (Å²) in [7, 11) is 0. The molecule has 2 aromatic rings. The summed E-state index contributed by atoms with van der Waals surface area (Å²) in [6.07, 6.45) is 1.15. The first-order valence-electron chi connectivity index (χ1n) is 10.1. The summed E-state index contributed by atoms with van der Waals surface area (Å²) in [6, 6.07) is 7.05. The van der Waals surface area contributed by atoms with Gasteiger partial charge in [-0.05, 0) is 61.9 Å². The van der Waals surface area contributed by atoms with E-state index in [0.717, 1.165) is 16.8 Å². The number of nitrogen functional groups attached to an aromatic ring is 1. The molecule has 1 fully saturated rings. The Morgan fingerprint density at radius 1 is 1.35 bits per heavy atom. The largest absolute Gasteiger partial charge is 0.384 e. The minimum absolute atomic E-state index is 0.0685. The quantitative estimate of drug-likeness (QED) is 0.602. The monoisotopic (exact) mass is 447 g/mol. The van der Waals surface area contributed by atoms with Gasteiger partial charge in [-0.3, -0.25) is 14.5 Å². The molecule has 7 nitrogen and oxygen atoms in total. The van der Waals surface area contributed by atoms with Gasteiger partial charge in [-0.1, -0.05) is 23.7 Å². The zero-order chi connectivity index (χ0) is 22.7. The van der Waals surface area contributed by atoms with Gasteiger partial charge < -0.3 is 16.8 Å². The number of anilines is 1. The summed E-state index contributed by atoms with van der Waals surface area (Å²) in [5.74, 6) is -0.607. The number of nitrogens with zero attached hydrogens (tertiary/aromatic N) is 2. The topological polar surface area (TPSA) is 114 Å². The minimum Gasteiger partial charge on any atom is -0.384 e. The molecule has 3 atom stereocenters. The van der Waals surface area contributed by atoms with Crippen molar-refractivity contribution in [3.05, 3.63) is 58.0 Å². The van der Waals surface area contributed by atoms with E-state index in [0.29, 0.717) is 31.7 Å². The molecule has 1 aliphatic rings. The number of carbonyl (C=O) groups is 2. The lowest BCUT2D eigenvalue weighted by atomic mass is 9.96. The van der Waals surface area contributed by atoms with Crippen LogP contribution < -0.4 is 16.8 Å². The van der Waals surface area contributed by atoms with Crippen LogP contribution >= 0.6 is 11.6 Å².